The monoisotopic (exact) mass is 311 g/mol. The number of alkyl halides is 1. The number of nitrogens with one attached hydrogen (secondary N) is 1. The molecule has 3 nitrogen and oxygen atoms in total. The molecule has 0 bridgehead atoms. The Morgan fingerprint density at radius 1 is 1.44 bits per heavy atom. The van der Waals surface area contributed by atoms with Gasteiger partial charge in [-0.05, 0) is 43.5 Å². The number of benzene rings is 1. The van der Waals surface area contributed by atoms with E-state index in [2.05, 4.69) is 21.2 Å². The van der Waals surface area contributed by atoms with Crippen LogP contribution in [-0.4, -0.2) is 21.9 Å². The molecule has 0 aromatic heterocycles. The van der Waals surface area contributed by atoms with Crippen molar-refractivity contribution < 1.29 is 9.90 Å². The van der Waals surface area contributed by atoms with Crippen molar-refractivity contribution in [2.75, 3.05) is 5.33 Å². The molecule has 0 aliphatic heterocycles. The van der Waals surface area contributed by atoms with Crippen molar-refractivity contribution in [3.63, 3.8) is 0 Å². The zero-order valence-electron chi connectivity index (χ0n) is 10.5. The molecule has 0 atom stereocenters. The number of carbonyl (C=O) groups is 1. The van der Waals surface area contributed by atoms with Crippen molar-refractivity contribution in [3.05, 3.63) is 29.3 Å². The fourth-order valence-electron chi connectivity index (χ4n) is 2.45. The molecular formula is C14H18BrNO2. The summed E-state index contributed by atoms with van der Waals surface area (Å²) in [6.45, 7) is 1.79. The summed E-state index contributed by atoms with van der Waals surface area (Å²) in [6.07, 6.45) is 4.39. The zero-order valence-corrected chi connectivity index (χ0v) is 12.1. The normalized spacial score (nSPS) is 17.7. The highest BCUT2D eigenvalue weighted by molar-refractivity contribution is 9.09. The second-order valence-corrected chi connectivity index (χ2v) is 5.64. The van der Waals surface area contributed by atoms with Gasteiger partial charge in [-0.3, -0.25) is 4.79 Å². The topological polar surface area (TPSA) is 49.3 Å². The first-order valence-electron chi connectivity index (χ1n) is 6.24. The van der Waals surface area contributed by atoms with Crippen LogP contribution in [0.3, 0.4) is 0 Å². The first-order chi connectivity index (χ1) is 8.56. The van der Waals surface area contributed by atoms with Crippen LogP contribution >= 0.6 is 15.9 Å². The molecule has 0 radical (unpaired) electrons. The van der Waals surface area contributed by atoms with Crippen LogP contribution in [0.5, 0.6) is 5.75 Å². The van der Waals surface area contributed by atoms with Crippen molar-refractivity contribution in [1.29, 1.82) is 0 Å². The highest BCUT2D eigenvalue weighted by Crippen LogP contribution is 2.31. The molecule has 1 fully saturated rings. The van der Waals surface area contributed by atoms with E-state index >= 15 is 0 Å². The van der Waals surface area contributed by atoms with Gasteiger partial charge < -0.3 is 10.4 Å². The second kappa shape index (κ2) is 5.31. The minimum atomic E-state index is -0.0944. The molecular weight excluding hydrogens is 294 g/mol. The van der Waals surface area contributed by atoms with E-state index in [4.69, 9.17) is 0 Å². The fourth-order valence-corrected chi connectivity index (χ4v) is 3.15. The van der Waals surface area contributed by atoms with E-state index in [0.29, 0.717) is 5.56 Å². The van der Waals surface area contributed by atoms with Gasteiger partial charge in [0.05, 0.1) is 5.54 Å². The van der Waals surface area contributed by atoms with E-state index in [1.807, 2.05) is 0 Å². The van der Waals surface area contributed by atoms with E-state index in [-0.39, 0.29) is 17.2 Å². The highest BCUT2D eigenvalue weighted by Gasteiger charge is 2.34. The van der Waals surface area contributed by atoms with Crippen molar-refractivity contribution in [2.24, 2.45) is 0 Å². The van der Waals surface area contributed by atoms with Gasteiger partial charge in [0.15, 0.2) is 0 Å². The lowest BCUT2D eigenvalue weighted by atomic mass is 9.99. The average molecular weight is 312 g/mol. The average Bonchev–Trinajstić information content (AvgIpc) is 2.82. The lowest BCUT2D eigenvalue weighted by Crippen LogP contribution is -2.47. The van der Waals surface area contributed by atoms with E-state index in [9.17, 15) is 9.90 Å². The Balaban J connectivity index is 2.13. The molecule has 0 spiro atoms. The van der Waals surface area contributed by atoms with Crippen molar-refractivity contribution in [1.82, 2.24) is 5.32 Å². The molecule has 2 N–H and O–H groups in total. The number of hydrogen-bond donors (Lipinski definition) is 2. The third-order valence-electron chi connectivity index (χ3n) is 3.65. The summed E-state index contributed by atoms with van der Waals surface area (Å²) in [6, 6.07) is 4.95. The number of aryl methyl sites for hydroxylation is 1. The third-order valence-corrected chi connectivity index (χ3v) is 4.73. The van der Waals surface area contributed by atoms with E-state index in [0.717, 1.165) is 23.7 Å². The van der Waals surface area contributed by atoms with Gasteiger partial charge >= 0.3 is 0 Å². The lowest BCUT2D eigenvalue weighted by molar-refractivity contribution is 0.0910. The molecule has 1 aromatic rings. The smallest absolute Gasteiger partial charge is 0.251 e. The first-order valence-corrected chi connectivity index (χ1v) is 7.37. The van der Waals surface area contributed by atoms with Gasteiger partial charge in [-0.2, -0.15) is 0 Å². The highest BCUT2D eigenvalue weighted by atomic mass is 79.9. The van der Waals surface area contributed by atoms with E-state index in [1.54, 1.807) is 25.1 Å². The summed E-state index contributed by atoms with van der Waals surface area (Å²) < 4.78 is 0. The molecule has 4 heteroatoms. The lowest BCUT2D eigenvalue weighted by Gasteiger charge is -2.28. The largest absolute Gasteiger partial charge is 0.508 e. The minimum Gasteiger partial charge on any atom is -0.508 e. The Bertz CT molecular complexity index is 453. The quantitative estimate of drug-likeness (QED) is 0.843. The van der Waals surface area contributed by atoms with Gasteiger partial charge in [-0.1, -0.05) is 28.8 Å². The number of halogens is 1. The maximum absolute atomic E-state index is 12.2. The predicted octanol–water partition coefficient (Wildman–Crippen LogP) is 3.14. The Morgan fingerprint density at radius 2 is 2.11 bits per heavy atom. The van der Waals surface area contributed by atoms with Crippen LogP contribution in [0.15, 0.2) is 18.2 Å². The summed E-state index contributed by atoms with van der Waals surface area (Å²) in [4.78, 5) is 12.2. The van der Waals surface area contributed by atoms with E-state index in [1.165, 1.54) is 12.8 Å². The molecule has 0 unspecified atom stereocenters. The van der Waals surface area contributed by atoms with Crippen LogP contribution in [-0.2, 0) is 0 Å². The molecule has 0 saturated heterocycles. The molecule has 1 amide bonds. The molecule has 1 aliphatic carbocycles. The van der Waals surface area contributed by atoms with E-state index < -0.39 is 0 Å². The van der Waals surface area contributed by atoms with Crippen LogP contribution in [0.4, 0.5) is 0 Å². The fraction of sp³-hybridized carbons (Fsp3) is 0.500. The minimum absolute atomic E-state index is 0.0561. The number of carbonyl (C=O) groups excluding carboxylic acids is 1. The molecule has 18 heavy (non-hydrogen) atoms. The Morgan fingerprint density at radius 3 is 2.67 bits per heavy atom. The molecule has 1 aliphatic rings. The molecule has 2 rings (SSSR count). The maximum atomic E-state index is 12.2. The van der Waals surface area contributed by atoms with Gasteiger partial charge in [0, 0.05) is 10.9 Å². The number of amides is 1. The molecule has 1 aromatic carbocycles. The predicted molar refractivity (Wildman–Crippen MR) is 75.3 cm³/mol. The van der Waals surface area contributed by atoms with Gasteiger partial charge in [-0.25, -0.2) is 0 Å². The number of phenols is 1. The number of phenolic OH excluding ortho intramolecular Hbond substituents is 1. The van der Waals surface area contributed by atoms with Crippen LogP contribution in [0, 0.1) is 6.92 Å². The zero-order chi connectivity index (χ0) is 13.2. The standard InChI is InChI=1S/C14H18BrNO2/c1-10-8-11(4-5-12(10)17)13(18)16-14(9-15)6-2-3-7-14/h4-5,8,17H,2-3,6-7,9H2,1H3,(H,16,18). The number of hydrogen-bond acceptors (Lipinski definition) is 2. The van der Waals surface area contributed by atoms with Crippen molar-refractivity contribution in [3.8, 4) is 5.75 Å². The Hall–Kier alpha value is -1.03. The first kappa shape index (κ1) is 13.4. The van der Waals surface area contributed by atoms with Gasteiger partial charge in [0.2, 0.25) is 0 Å². The second-order valence-electron chi connectivity index (χ2n) is 5.08. The van der Waals surface area contributed by atoms with Crippen molar-refractivity contribution in [2.45, 2.75) is 38.1 Å². The Labute approximate surface area is 116 Å². The molecule has 1 saturated carbocycles. The summed E-state index contributed by atoms with van der Waals surface area (Å²) in [7, 11) is 0. The maximum Gasteiger partial charge on any atom is 0.251 e. The SMILES string of the molecule is Cc1cc(C(=O)NC2(CBr)CCCC2)ccc1O. The van der Waals surface area contributed by atoms with Crippen LogP contribution in [0.1, 0.15) is 41.6 Å². The summed E-state index contributed by atoms with van der Waals surface area (Å²) in [5.41, 5.74) is 1.24. The van der Waals surface area contributed by atoms with Gasteiger partial charge in [-0.15, -0.1) is 0 Å². The number of aromatic hydroxyl groups is 1. The Kier molecular flexibility index (Phi) is 3.95. The summed E-state index contributed by atoms with van der Waals surface area (Å²) >= 11 is 3.51. The van der Waals surface area contributed by atoms with Crippen LogP contribution in [0.25, 0.3) is 0 Å². The summed E-state index contributed by atoms with van der Waals surface area (Å²) in [5, 5.41) is 13.4. The van der Waals surface area contributed by atoms with Crippen LogP contribution in [0.2, 0.25) is 0 Å². The third kappa shape index (κ3) is 2.69. The van der Waals surface area contributed by atoms with Crippen molar-refractivity contribution >= 4 is 21.8 Å². The summed E-state index contributed by atoms with van der Waals surface area (Å²) in [5.74, 6) is 0.169. The molecule has 98 valence electrons. The number of rotatable bonds is 3. The molecule has 0 heterocycles. The van der Waals surface area contributed by atoms with Gasteiger partial charge in [0.1, 0.15) is 5.75 Å². The van der Waals surface area contributed by atoms with Crippen LogP contribution < -0.4 is 5.32 Å². The van der Waals surface area contributed by atoms with Gasteiger partial charge in [0.25, 0.3) is 5.91 Å².